The smallest absolute Gasteiger partial charge is 0.338 e. The normalized spacial score (nSPS) is 14.5. The summed E-state index contributed by atoms with van der Waals surface area (Å²) in [7, 11) is 0. The molecule has 0 unspecified atom stereocenters. The maximum atomic E-state index is 14.0. The lowest BCUT2D eigenvalue weighted by molar-refractivity contribution is -0.139. The Kier molecular flexibility index (Phi) is 9.47. The van der Waals surface area contributed by atoms with Crippen LogP contribution in [-0.2, 0) is 16.1 Å². The van der Waals surface area contributed by atoms with Crippen LogP contribution in [0, 0.1) is 18.3 Å². The van der Waals surface area contributed by atoms with E-state index in [1.807, 2.05) is 62.4 Å². The number of thiazole rings is 1. The Hall–Kier alpha value is -4.46. The third-order valence-electron chi connectivity index (χ3n) is 7.01. The van der Waals surface area contributed by atoms with Crippen molar-refractivity contribution in [2.45, 2.75) is 40.3 Å². The number of aryl methyl sites for hydroxylation is 1. The lowest BCUT2D eigenvalue weighted by Crippen LogP contribution is -2.39. The van der Waals surface area contributed by atoms with Crippen molar-refractivity contribution in [3.63, 3.8) is 0 Å². The maximum Gasteiger partial charge on any atom is 0.338 e. The molecule has 0 N–H and O–H groups in total. The molecule has 8 nitrogen and oxygen atoms in total. The van der Waals surface area contributed by atoms with Crippen molar-refractivity contribution in [1.82, 2.24) is 4.57 Å². The summed E-state index contributed by atoms with van der Waals surface area (Å²) in [6.45, 7) is 8.30. The van der Waals surface area contributed by atoms with Crippen LogP contribution in [0.25, 0.3) is 6.08 Å². The summed E-state index contributed by atoms with van der Waals surface area (Å²) in [6.07, 6.45) is 1.79. The molecule has 0 fully saturated rings. The zero-order valence-electron chi connectivity index (χ0n) is 24.7. The Morgan fingerprint density at radius 3 is 2.45 bits per heavy atom. The van der Waals surface area contributed by atoms with Crippen LogP contribution in [0.15, 0.2) is 86.2 Å². The number of carbonyl (C=O) groups excluding carboxylic acids is 1. The Labute approximate surface area is 267 Å². The molecular formula is C34H30BrN3O5S. The molecule has 0 saturated heterocycles. The fraction of sp³-hybridized carbons (Fsp3) is 0.235. The summed E-state index contributed by atoms with van der Waals surface area (Å²) in [4.78, 5) is 32.3. The van der Waals surface area contributed by atoms with Crippen molar-refractivity contribution in [2.75, 3.05) is 13.2 Å². The van der Waals surface area contributed by atoms with Crippen molar-refractivity contribution in [3.8, 4) is 17.6 Å². The third kappa shape index (κ3) is 6.39. The van der Waals surface area contributed by atoms with E-state index in [1.54, 1.807) is 36.6 Å². The van der Waals surface area contributed by atoms with E-state index in [0.29, 0.717) is 48.7 Å². The van der Waals surface area contributed by atoms with Crippen molar-refractivity contribution >= 4 is 39.3 Å². The molecule has 1 aliphatic heterocycles. The number of esters is 1. The summed E-state index contributed by atoms with van der Waals surface area (Å²) in [5.74, 6) is 0.562. The highest BCUT2D eigenvalue weighted by atomic mass is 79.9. The van der Waals surface area contributed by atoms with Gasteiger partial charge in [0.25, 0.3) is 5.56 Å². The standard InChI is InChI=1S/C34H30BrN3O5S/c1-5-41-27-16-24(15-26(35)31(27)43-19-23-11-9-22(18-36)10-12-23)17-28-32(39)38-30(25-13-7-20(3)8-14-25)29(33(40)42-6-2)21(4)37-34(38)44-28/h7-17,30H,5-6,19H2,1-4H3/b28-17-/t30-/m1/s1. The number of carbonyl (C=O) groups is 1. The van der Waals surface area contributed by atoms with Crippen LogP contribution in [-0.4, -0.2) is 23.8 Å². The van der Waals surface area contributed by atoms with E-state index in [0.717, 1.165) is 22.3 Å². The average Bonchev–Trinajstić information content (AvgIpc) is 3.30. The minimum Gasteiger partial charge on any atom is -0.490 e. The Morgan fingerprint density at radius 1 is 1.07 bits per heavy atom. The highest BCUT2D eigenvalue weighted by Gasteiger charge is 2.33. The Balaban J connectivity index is 1.56. The largest absolute Gasteiger partial charge is 0.490 e. The molecule has 4 aromatic rings. The SMILES string of the molecule is CCOC(=O)C1=C(C)N=c2s/c(=C\c3cc(Br)c(OCc4ccc(C#N)cc4)c(OCC)c3)c(=O)n2[C@@H]1c1ccc(C)cc1. The van der Waals surface area contributed by atoms with Gasteiger partial charge in [0, 0.05) is 0 Å². The van der Waals surface area contributed by atoms with Gasteiger partial charge in [0.2, 0.25) is 0 Å². The molecule has 1 aromatic heterocycles. The number of hydrogen-bond donors (Lipinski definition) is 0. The van der Waals surface area contributed by atoms with Crippen LogP contribution in [0.3, 0.4) is 0 Å². The van der Waals surface area contributed by atoms with Gasteiger partial charge in [-0.1, -0.05) is 53.3 Å². The molecule has 0 amide bonds. The van der Waals surface area contributed by atoms with Crippen LogP contribution in [0.1, 0.15) is 54.6 Å². The van der Waals surface area contributed by atoms with Gasteiger partial charge in [-0.3, -0.25) is 9.36 Å². The van der Waals surface area contributed by atoms with Crippen LogP contribution in [0.2, 0.25) is 0 Å². The van der Waals surface area contributed by atoms with E-state index in [2.05, 4.69) is 27.0 Å². The second-order valence-corrected chi connectivity index (χ2v) is 11.9. The number of nitrogens with zero attached hydrogens (tertiary/aromatic N) is 3. The number of allylic oxidation sites excluding steroid dienone is 1. The summed E-state index contributed by atoms with van der Waals surface area (Å²) in [5, 5.41) is 9.05. The molecule has 3 aromatic carbocycles. The number of fused-ring (bicyclic) bond motifs is 1. The predicted molar refractivity (Wildman–Crippen MR) is 172 cm³/mol. The summed E-state index contributed by atoms with van der Waals surface area (Å²) in [5.41, 5.74) is 4.69. The van der Waals surface area contributed by atoms with Gasteiger partial charge in [-0.15, -0.1) is 0 Å². The minimum absolute atomic E-state index is 0.213. The molecule has 5 rings (SSSR count). The number of nitriles is 1. The molecule has 2 heterocycles. The van der Waals surface area contributed by atoms with Gasteiger partial charge in [-0.05, 0) is 90.7 Å². The maximum absolute atomic E-state index is 14.0. The zero-order valence-corrected chi connectivity index (χ0v) is 27.1. The van der Waals surface area contributed by atoms with Crippen LogP contribution < -0.4 is 24.4 Å². The number of rotatable bonds is 9. The second-order valence-electron chi connectivity index (χ2n) is 10.1. The van der Waals surface area contributed by atoms with E-state index in [9.17, 15) is 9.59 Å². The van der Waals surface area contributed by atoms with Gasteiger partial charge in [0.05, 0.1) is 51.2 Å². The van der Waals surface area contributed by atoms with Gasteiger partial charge in [-0.25, -0.2) is 9.79 Å². The first-order chi connectivity index (χ1) is 21.2. The summed E-state index contributed by atoms with van der Waals surface area (Å²) < 4.78 is 20.1. The highest BCUT2D eigenvalue weighted by Crippen LogP contribution is 2.38. The lowest BCUT2D eigenvalue weighted by Gasteiger charge is -2.24. The molecule has 1 aliphatic rings. The molecule has 10 heteroatoms. The Bertz CT molecular complexity index is 1970. The van der Waals surface area contributed by atoms with Crippen molar-refractivity contribution < 1.29 is 19.0 Å². The Morgan fingerprint density at radius 2 is 1.80 bits per heavy atom. The topological polar surface area (TPSA) is 103 Å². The quantitative estimate of drug-likeness (QED) is 0.211. The summed E-state index contributed by atoms with van der Waals surface area (Å²) >= 11 is 4.88. The number of hydrogen-bond acceptors (Lipinski definition) is 8. The molecule has 44 heavy (non-hydrogen) atoms. The van der Waals surface area contributed by atoms with E-state index >= 15 is 0 Å². The van der Waals surface area contributed by atoms with Gasteiger partial charge in [-0.2, -0.15) is 5.26 Å². The summed E-state index contributed by atoms with van der Waals surface area (Å²) in [6, 6.07) is 20.1. The molecule has 0 bridgehead atoms. The molecule has 0 saturated carbocycles. The number of benzene rings is 3. The van der Waals surface area contributed by atoms with Crippen LogP contribution in [0.5, 0.6) is 11.5 Å². The molecule has 0 radical (unpaired) electrons. The fourth-order valence-corrected chi connectivity index (χ4v) is 6.53. The van der Waals surface area contributed by atoms with Crippen LogP contribution in [0.4, 0.5) is 0 Å². The number of halogens is 1. The molecular weight excluding hydrogens is 642 g/mol. The van der Waals surface area contributed by atoms with E-state index < -0.39 is 12.0 Å². The van der Waals surface area contributed by atoms with Crippen molar-refractivity contribution in [2.24, 2.45) is 4.99 Å². The first kappa shape index (κ1) is 31.0. The van der Waals surface area contributed by atoms with Crippen molar-refractivity contribution in [3.05, 3.63) is 124 Å². The van der Waals surface area contributed by atoms with E-state index in [1.165, 1.54) is 11.3 Å². The lowest BCUT2D eigenvalue weighted by atomic mass is 9.95. The third-order valence-corrected chi connectivity index (χ3v) is 8.58. The molecule has 0 aliphatic carbocycles. The fourth-order valence-electron chi connectivity index (χ4n) is 4.91. The molecule has 224 valence electrons. The first-order valence-electron chi connectivity index (χ1n) is 14.1. The predicted octanol–water partition coefficient (Wildman–Crippen LogP) is 5.72. The zero-order chi connectivity index (χ0) is 31.4. The first-order valence-corrected chi connectivity index (χ1v) is 15.7. The average molecular weight is 673 g/mol. The van der Waals surface area contributed by atoms with Gasteiger partial charge < -0.3 is 14.2 Å². The monoisotopic (exact) mass is 671 g/mol. The minimum atomic E-state index is -0.670. The number of ether oxygens (including phenoxy) is 3. The van der Waals surface area contributed by atoms with Gasteiger partial charge in [0.1, 0.15) is 6.61 Å². The second kappa shape index (κ2) is 13.5. The molecule has 1 atom stereocenters. The van der Waals surface area contributed by atoms with E-state index in [-0.39, 0.29) is 18.8 Å². The van der Waals surface area contributed by atoms with Gasteiger partial charge in [0.15, 0.2) is 16.3 Å². The van der Waals surface area contributed by atoms with Crippen LogP contribution >= 0.6 is 27.3 Å². The van der Waals surface area contributed by atoms with Gasteiger partial charge >= 0.3 is 5.97 Å². The van der Waals surface area contributed by atoms with Crippen molar-refractivity contribution in [1.29, 1.82) is 5.26 Å². The highest BCUT2D eigenvalue weighted by molar-refractivity contribution is 9.10. The molecule has 0 spiro atoms. The number of aromatic nitrogens is 1. The van der Waals surface area contributed by atoms with E-state index in [4.69, 9.17) is 19.5 Å².